The quantitative estimate of drug-likeness (QED) is 0.628. The monoisotopic (exact) mass is 364 g/mol. The van der Waals surface area contributed by atoms with E-state index in [9.17, 15) is 9.59 Å². The van der Waals surface area contributed by atoms with Gasteiger partial charge in [0.25, 0.3) is 11.8 Å². The summed E-state index contributed by atoms with van der Waals surface area (Å²) in [4.78, 5) is 29.6. The molecule has 0 fully saturated rings. The minimum atomic E-state index is -0.354. The van der Waals surface area contributed by atoms with Gasteiger partial charge in [0.05, 0.1) is 5.52 Å². The van der Waals surface area contributed by atoms with Crippen LogP contribution in [0.25, 0.3) is 5.52 Å². The third-order valence-electron chi connectivity index (χ3n) is 4.40. The first-order valence-corrected chi connectivity index (χ1v) is 9.29. The third-order valence-corrected chi connectivity index (χ3v) is 4.40. The number of hydrogen-bond donors (Lipinski definition) is 2. The Labute approximate surface area is 158 Å². The highest BCUT2D eigenvalue weighted by Gasteiger charge is 2.21. The van der Waals surface area contributed by atoms with Gasteiger partial charge in [-0.15, -0.1) is 0 Å². The summed E-state index contributed by atoms with van der Waals surface area (Å²) >= 11 is 0. The topological polar surface area (TPSA) is 75.5 Å². The van der Waals surface area contributed by atoms with Crippen LogP contribution in [-0.4, -0.2) is 27.7 Å². The zero-order valence-electron chi connectivity index (χ0n) is 15.7. The lowest BCUT2D eigenvalue weighted by molar-refractivity contribution is 0.0950. The highest BCUT2D eigenvalue weighted by molar-refractivity contribution is 6.06. The van der Waals surface area contributed by atoms with E-state index in [4.69, 9.17) is 0 Å². The second-order valence-corrected chi connectivity index (χ2v) is 6.35. The summed E-state index contributed by atoms with van der Waals surface area (Å²) in [7, 11) is 0. The van der Waals surface area contributed by atoms with E-state index >= 15 is 0 Å². The Morgan fingerprint density at radius 1 is 1.04 bits per heavy atom. The molecule has 27 heavy (non-hydrogen) atoms. The fourth-order valence-electron chi connectivity index (χ4n) is 2.84. The number of aryl methyl sites for hydroxylation is 1. The van der Waals surface area contributed by atoms with Crippen LogP contribution in [0.1, 0.15) is 53.4 Å². The van der Waals surface area contributed by atoms with Crippen LogP contribution in [-0.2, 0) is 6.42 Å². The van der Waals surface area contributed by atoms with Gasteiger partial charge in [-0.05, 0) is 42.7 Å². The number of nitrogens with one attached hydrogen (secondary N) is 2. The SMILES string of the molecule is CCCCNC(=O)c1nc(C(=O)Nc2ccc(CC)cc2)n2ccccc12. The van der Waals surface area contributed by atoms with Crippen LogP contribution in [0.4, 0.5) is 5.69 Å². The fraction of sp³-hybridized carbons (Fsp3) is 0.286. The molecule has 3 aromatic rings. The molecule has 0 aliphatic rings. The summed E-state index contributed by atoms with van der Waals surface area (Å²) in [5, 5.41) is 5.71. The highest BCUT2D eigenvalue weighted by atomic mass is 16.2. The van der Waals surface area contributed by atoms with Crippen LogP contribution < -0.4 is 10.6 Å². The molecule has 0 bridgehead atoms. The Morgan fingerprint density at radius 2 is 1.81 bits per heavy atom. The van der Waals surface area contributed by atoms with E-state index < -0.39 is 0 Å². The molecule has 2 aromatic heterocycles. The normalized spacial score (nSPS) is 10.7. The second-order valence-electron chi connectivity index (χ2n) is 6.35. The maximum Gasteiger partial charge on any atom is 0.292 e. The first kappa shape index (κ1) is 18.6. The molecule has 0 unspecified atom stereocenters. The Kier molecular flexibility index (Phi) is 5.86. The number of carbonyl (C=O) groups is 2. The molecule has 0 radical (unpaired) electrons. The minimum Gasteiger partial charge on any atom is -0.351 e. The maximum absolute atomic E-state index is 12.8. The molecule has 0 aliphatic carbocycles. The number of rotatable bonds is 7. The fourth-order valence-corrected chi connectivity index (χ4v) is 2.84. The zero-order valence-corrected chi connectivity index (χ0v) is 15.7. The number of hydrogen-bond acceptors (Lipinski definition) is 3. The van der Waals surface area contributed by atoms with Crippen molar-refractivity contribution in [2.45, 2.75) is 33.1 Å². The molecule has 2 N–H and O–H groups in total. The Bertz CT molecular complexity index is 944. The number of pyridine rings is 1. The minimum absolute atomic E-state index is 0.186. The molecule has 0 spiro atoms. The van der Waals surface area contributed by atoms with E-state index in [1.54, 1.807) is 22.7 Å². The van der Waals surface area contributed by atoms with Crippen molar-refractivity contribution in [2.24, 2.45) is 0 Å². The smallest absolute Gasteiger partial charge is 0.292 e. The predicted molar refractivity (Wildman–Crippen MR) is 106 cm³/mol. The molecule has 140 valence electrons. The number of imidazole rings is 1. The Hall–Kier alpha value is -3.15. The molecule has 6 nitrogen and oxygen atoms in total. The average molecular weight is 364 g/mol. The molecule has 1 aromatic carbocycles. The summed E-state index contributed by atoms with van der Waals surface area (Å²) < 4.78 is 1.64. The molecule has 2 amide bonds. The van der Waals surface area contributed by atoms with Crippen LogP contribution in [0.2, 0.25) is 0 Å². The van der Waals surface area contributed by atoms with Gasteiger partial charge in [-0.2, -0.15) is 0 Å². The van der Waals surface area contributed by atoms with Gasteiger partial charge in [-0.3, -0.25) is 14.0 Å². The summed E-state index contributed by atoms with van der Waals surface area (Å²) in [6, 6.07) is 13.1. The van der Waals surface area contributed by atoms with Crippen LogP contribution in [0.15, 0.2) is 48.7 Å². The second kappa shape index (κ2) is 8.49. The van der Waals surface area contributed by atoms with Gasteiger partial charge in [-0.1, -0.05) is 38.5 Å². The Morgan fingerprint density at radius 3 is 2.52 bits per heavy atom. The standard InChI is InChI=1S/C21H24N4O2/c1-3-5-13-22-20(26)18-17-8-6-7-14-25(17)19(24-18)21(27)23-16-11-9-15(4-2)10-12-16/h6-12,14H,3-5,13H2,1-2H3,(H,22,26)(H,23,27). The lowest BCUT2D eigenvalue weighted by atomic mass is 10.1. The number of nitrogens with zero attached hydrogens (tertiary/aromatic N) is 2. The van der Waals surface area contributed by atoms with E-state index in [1.807, 2.05) is 30.3 Å². The summed E-state index contributed by atoms with van der Waals surface area (Å²) in [5.74, 6) is -0.433. The number of benzene rings is 1. The molecule has 2 heterocycles. The largest absolute Gasteiger partial charge is 0.351 e. The molecule has 0 saturated carbocycles. The van der Waals surface area contributed by atoms with Crippen molar-refractivity contribution in [2.75, 3.05) is 11.9 Å². The highest BCUT2D eigenvalue weighted by Crippen LogP contribution is 2.16. The molecular formula is C21H24N4O2. The van der Waals surface area contributed by atoms with E-state index in [-0.39, 0.29) is 23.3 Å². The van der Waals surface area contributed by atoms with Crippen molar-refractivity contribution < 1.29 is 9.59 Å². The van der Waals surface area contributed by atoms with Gasteiger partial charge < -0.3 is 10.6 Å². The van der Waals surface area contributed by atoms with Crippen molar-refractivity contribution >= 4 is 23.0 Å². The maximum atomic E-state index is 12.8. The molecular weight excluding hydrogens is 340 g/mol. The van der Waals surface area contributed by atoms with Gasteiger partial charge >= 0.3 is 0 Å². The lowest BCUT2D eigenvalue weighted by Gasteiger charge is -2.05. The predicted octanol–water partition coefficient (Wildman–Crippen LogP) is 3.68. The number of amides is 2. The van der Waals surface area contributed by atoms with Gasteiger partial charge in [0, 0.05) is 18.4 Å². The van der Waals surface area contributed by atoms with Crippen molar-refractivity contribution in [1.82, 2.24) is 14.7 Å². The van der Waals surface area contributed by atoms with Crippen LogP contribution in [0, 0.1) is 0 Å². The number of carbonyl (C=O) groups excluding carboxylic acids is 2. The van der Waals surface area contributed by atoms with Gasteiger partial charge in [0.2, 0.25) is 5.82 Å². The lowest BCUT2D eigenvalue weighted by Crippen LogP contribution is -2.25. The Balaban J connectivity index is 1.87. The van der Waals surface area contributed by atoms with Crippen molar-refractivity contribution in [3.63, 3.8) is 0 Å². The number of unbranched alkanes of at least 4 members (excludes halogenated alkanes) is 1. The van der Waals surface area contributed by atoms with E-state index in [2.05, 4.69) is 29.5 Å². The molecule has 6 heteroatoms. The van der Waals surface area contributed by atoms with Gasteiger partial charge in [-0.25, -0.2) is 4.98 Å². The zero-order chi connectivity index (χ0) is 19.2. The average Bonchev–Trinajstić information content (AvgIpc) is 3.09. The van der Waals surface area contributed by atoms with E-state index in [0.29, 0.717) is 17.7 Å². The van der Waals surface area contributed by atoms with Crippen molar-refractivity contribution in [3.05, 3.63) is 65.7 Å². The van der Waals surface area contributed by atoms with E-state index in [1.165, 1.54) is 5.56 Å². The van der Waals surface area contributed by atoms with Gasteiger partial charge in [0.15, 0.2) is 5.69 Å². The number of fused-ring (bicyclic) bond motifs is 1. The van der Waals surface area contributed by atoms with Gasteiger partial charge in [0.1, 0.15) is 0 Å². The van der Waals surface area contributed by atoms with Crippen LogP contribution >= 0.6 is 0 Å². The molecule has 0 atom stereocenters. The number of anilines is 1. The third kappa shape index (κ3) is 4.16. The number of aromatic nitrogens is 2. The summed E-state index contributed by atoms with van der Waals surface area (Å²) in [6.45, 7) is 4.73. The first-order chi connectivity index (χ1) is 13.1. The summed E-state index contributed by atoms with van der Waals surface area (Å²) in [5.41, 5.74) is 2.76. The van der Waals surface area contributed by atoms with E-state index in [0.717, 1.165) is 19.3 Å². The molecule has 0 saturated heterocycles. The van der Waals surface area contributed by atoms with Crippen molar-refractivity contribution in [1.29, 1.82) is 0 Å². The van der Waals surface area contributed by atoms with Crippen LogP contribution in [0.5, 0.6) is 0 Å². The summed E-state index contributed by atoms with van der Waals surface area (Å²) in [6.07, 6.45) is 4.57. The molecule has 0 aliphatic heterocycles. The van der Waals surface area contributed by atoms with Crippen molar-refractivity contribution in [3.8, 4) is 0 Å². The molecule has 3 rings (SSSR count). The van der Waals surface area contributed by atoms with Crippen LogP contribution in [0.3, 0.4) is 0 Å². The first-order valence-electron chi connectivity index (χ1n) is 9.29.